The van der Waals surface area contributed by atoms with Gasteiger partial charge in [0.15, 0.2) is 0 Å². The second kappa shape index (κ2) is 10.3. The monoisotopic (exact) mass is 222 g/mol. The molecule has 0 aromatic heterocycles. The fourth-order valence-electron chi connectivity index (χ4n) is 0.838. The average molecular weight is 222 g/mol. The third-order valence-electron chi connectivity index (χ3n) is 1.47. The molecule has 1 rings (SSSR count). The van der Waals surface area contributed by atoms with E-state index in [0.29, 0.717) is 5.92 Å². The summed E-state index contributed by atoms with van der Waals surface area (Å²) in [6.07, 6.45) is 0. The van der Waals surface area contributed by atoms with Crippen LogP contribution in [0.3, 0.4) is 0 Å². The quantitative estimate of drug-likeness (QED) is 0.476. The molecule has 14 heavy (non-hydrogen) atoms. The van der Waals surface area contributed by atoms with Crippen molar-refractivity contribution in [1.29, 1.82) is 0 Å². The Morgan fingerprint density at radius 2 is 1.43 bits per heavy atom. The zero-order valence-corrected chi connectivity index (χ0v) is 12.0. The van der Waals surface area contributed by atoms with Crippen LogP contribution < -0.4 is 51.4 Å². The van der Waals surface area contributed by atoms with Crippen molar-refractivity contribution < 1.29 is 67.9 Å². The minimum atomic E-state index is -2.17. The first-order chi connectivity index (χ1) is 6.04. The van der Waals surface area contributed by atoms with Crippen LogP contribution in [0.25, 0.3) is 0 Å². The molecule has 0 amide bonds. The molecule has 0 saturated heterocycles. The molecule has 0 bridgehead atoms. The summed E-state index contributed by atoms with van der Waals surface area (Å²) in [5.41, 5.74) is 1.41. The van der Waals surface area contributed by atoms with Crippen molar-refractivity contribution in [2.45, 2.75) is 19.8 Å². The van der Waals surface area contributed by atoms with E-state index in [2.05, 4.69) is 38.1 Å². The maximum Gasteiger partial charge on any atom is 1.00 e. The maximum atomic E-state index is 7.17. The SMILES string of the molecule is CC(C)c1ccccc1.OB(O)O.[H-].[K+]. The Morgan fingerprint density at radius 3 is 1.64 bits per heavy atom. The van der Waals surface area contributed by atoms with Crippen molar-refractivity contribution >= 4 is 7.32 Å². The zero-order valence-electron chi connectivity index (χ0n) is 9.88. The van der Waals surface area contributed by atoms with Crippen molar-refractivity contribution in [3.05, 3.63) is 35.9 Å². The van der Waals surface area contributed by atoms with Crippen LogP contribution in [-0.2, 0) is 0 Å². The van der Waals surface area contributed by atoms with Crippen molar-refractivity contribution in [3.63, 3.8) is 0 Å². The van der Waals surface area contributed by atoms with E-state index in [4.69, 9.17) is 15.1 Å². The van der Waals surface area contributed by atoms with Crippen LogP contribution in [-0.4, -0.2) is 22.4 Å². The van der Waals surface area contributed by atoms with E-state index in [1.807, 2.05) is 6.07 Å². The maximum absolute atomic E-state index is 7.17. The summed E-state index contributed by atoms with van der Waals surface area (Å²) in [6, 6.07) is 10.5. The van der Waals surface area contributed by atoms with Gasteiger partial charge >= 0.3 is 58.7 Å². The normalized spacial score (nSPS) is 8.43. The summed E-state index contributed by atoms with van der Waals surface area (Å²) < 4.78 is 0. The summed E-state index contributed by atoms with van der Waals surface area (Å²) in [6.45, 7) is 4.41. The minimum Gasteiger partial charge on any atom is -1.00 e. The van der Waals surface area contributed by atoms with Crippen LogP contribution in [0.4, 0.5) is 0 Å². The van der Waals surface area contributed by atoms with Gasteiger partial charge < -0.3 is 16.5 Å². The number of hydrogen-bond acceptors (Lipinski definition) is 3. The first-order valence-corrected chi connectivity index (χ1v) is 4.13. The Balaban J connectivity index is -0.000000213. The van der Waals surface area contributed by atoms with Crippen LogP contribution in [0, 0.1) is 0 Å². The number of benzene rings is 1. The van der Waals surface area contributed by atoms with Gasteiger partial charge in [-0.3, -0.25) is 0 Å². The third-order valence-corrected chi connectivity index (χ3v) is 1.47. The van der Waals surface area contributed by atoms with Gasteiger partial charge in [0.05, 0.1) is 0 Å². The van der Waals surface area contributed by atoms with Crippen LogP contribution >= 0.6 is 0 Å². The van der Waals surface area contributed by atoms with Crippen LogP contribution in [0.15, 0.2) is 30.3 Å². The molecule has 0 fully saturated rings. The van der Waals surface area contributed by atoms with E-state index < -0.39 is 7.32 Å². The van der Waals surface area contributed by atoms with Gasteiger partial charge in [-0.1, -0.05) is 44.2 Å². The summed E-state index contributed by atoms with van der Waals surface area (Å²) in [4.78, 5) is 0. The van der Waals surface area contributed by atoms with Crippen molar-refractivity contribution in [1.82, 2.24) is 0 Å². The van der Waals surface area contributed by atoms with E-state index in [-0.39, 0.29) is 52.8 Å². The zero-order chi connectivity index (χ0) is 10.3. The first-order valence-electron chi connectivity index (χ1n) is 4.13. The van der Waals surface area contributed by atoms with E-state index in [0.717, 1.165) is 0 Å². The summed E-state index contributed by atoms with van der Waals surface area (Å²) >= 11 is 0. The smallest absolute Gasteiger partial charge is 1.00 e. The predicted octanol–water partition coefficient (Wildman–Crippen LogP) is -2.13. The van der Waals surface area contributed by atoms with Crippen LogP contribution in [0.2, 0.25) is 0 Å². The Hall–Kier alpha value is 0.801. The topological polar surface area (TPSA) is 60.7 Å². The molecule has 0 atom stereocenters. The van der Waals surface area contributed by atoms with Gasteiger partial charge in [-0.2, -0.15) is 0 Å². The van der Waals surface area contributed by atoms with Gasteiger partial charge in [0.25, 0.3) is 0 Å². The van der Waals surface area contributed by atoms with Gasteiger partial charge in [-0.05, 0) is 11.5 Å². The molecule has 0 radical (unpaired) electrons. The Morgan fingerprint density at radius 1 is 1.07 bits per heavy atom. The molecule has 1 aromatic carbocycles. The molecule has 0 saturated carbocycles. The first kappa shape index (κ1) is 17.2. The van der Waals surface area contributed by atoms with E-state index >= 15 is 0 Å². The van der Waals surface area contributed by atoms with Crippen LogP contribution in [0.5, 0.6) is 0 Å². The molecule has 0 aliphatic carbocycles. The van der Waals surface area contributed by atoms with Gasteiger partial charge in [0, 0.05) is 0 Å². The molecule has 0 unspecified atom stereocenters. The Bertz CT molecular complexity index is 219. The molecule has 3 N–H and O–H groups in total. The minimum absolute atomic E-state index is 0. The molecule has 5 heteroatoms. The molecular weight excluding hydrogens is 206 g/mol. The second-order valence-corrected chi connectivity index (χ2v) is 2.91. The summed E-state index contributed by atoms with van der Waals surface area (Å²) in [7, 11) is -2.17. The molecule has 0 spiro atoms. The average Bonchev–Trinajstić information content (AvgIpc) is 2.05. The Labute approximate surface area is 129 Å². The van der Waals surface area contributed by atoms with Crippen LogP contribution in [0.1, 0.15) is 26.8 Å². The summed E-state index contributed by atoms with van der Waals surface area (Å²) in [5, 5.41) is 21.5. The van der Waals surface area contributed by atoms with Gasteiger partial charge in [-0.25, -0.2) is 0 Å². The fourth-order valence-corrected chi connectivity index (χ4v) is 0.838. The van der Waals surface area contributed by atoms with Gasteiger partial charge in [0.1, 0.15) is 0 Å². The predicted molar refractivity (Wildman–Crippen MR) is 54.1 cm³/mol. The molecule has 1 aromatic rings. The molecule has 0 heterocycles. The molecule has 74 valence electrons. The standard InChI is InChI=1S/C9H12.BH3O3.K.H/c1-8(2)9-6-4-3-5-7-9;2-1(3)4;;/h3-8H,1-2H3;2-4H;;/q;;+1;-1. The van der Waals surface area contributed by atoms with E-state index in [1.165, 1.54) is 5.56 Å². The second-order valence-electron chi connectivity index (χ2n) is 2.91. The molecule has 0 aliphatic heterocycles. The summed E-state index contributed by atoms with van der Waals surface area (Å²) in [5.74, 6) is 0.659. The molecular formula is C9H16BKO3. The van der Waals surface area contributed by atoms with E-state index in [9.17, 15) is 0 Å². The number of hydrogen-bond donors (Lipinski definition) is 3. The van der Waals surface area contributed by atoms with Crippen molar-refractivity contribution in [2.24, 2.45) is 0 Å². The largest absolute Gasteiger partial charge is 1.00 e. The third kappa shape index (κ3) is 10.9. The molecule has 3 nitrogen and oxygen atoms in total. The fraction of sp³-hybridized carbons (Fsp3) is 0.333. The van der Waals surface area contributed by atoms with Gasteiger partial charge in [-0.15, -0.1) is 0 Å². The van der Waals surface area contributed by atoms with Crippen molar-refractivity contribution in [3.8, 4) is 0 Å². The number of rotatable bonds is 1. The van der Waals surface area contributed by atoms with Crippen molar-refractivity contribution in [2.75, 3.05) is 0 Å². The van der Waals surface area contributed by atoms with E-state index in [1.54, 1.807) is 0 Å². The molecule has 0 aliphatic rings. The van der Waals surface area contributed by atoms with Gasteiger partial charge in [0.2, 0.25) is 0 Å². The Kier molecular flexibility index (Phi) is 12.7.